The molecule has 8 nitrogen and oxygen atoms in total. The average molecular weight is 1210 g/mol. The Morgan fingerprint density at radius 1 is 0.494 bits per heavy atom. The van der Waals surface area contributed by atoms with E-state index >= 15 is 4.39 Å². The van der Waals surface area contributed by atoms with Crippen LogP contribution in [0, 0.1) is 52.7 Å². The molecule has 1 N–H and O–H groups in total. The zero-order chi connectivity index (χ0) is 57.1. The van der Waals surface area contributed by atoms with Crippen LogP contribution in [0.2, 0.25) is 15.1 Å². The molecular formula is C64H62BCl3F6NaO8. The summed E-state index contributed by atoms with van der Waals surface area (Å²) in [6, 6.07) is 29.2. The van der Waals surface area contributed by atoms with E-state index < -0.39 is 51.1 Å². The summed E-state index contributed by atoms with van der Waals surface area (Å²) in [6.07, 6.45) is 6.35. The number of aliphatic hydroxyl groups excluding tert-OH is 1. The Hall–Kier alpha value is -4.52. The smallest absolute Gasteiger partial charge is 1.00 e. The minimum Gasteiger partial charge on any atom is -1.00 e. The normalized spacial score (nSPS) is 26.0. The van der Waals surface area contributed by atoms with E-state index in [1.54, 1.807) is 30.3 Å². The van der Waals surface area contributed by atoms with E-state index in [4.69, 9.17) is 63.2 Å². The Labute approximate surface area is 520 Å². The molecule has 6 aliphatic heterocycles. The molecule has 0 unspecified atom stereocenters. The topological polar surface area (TPSA) is 92.7 Å². The molecule has 0 bridgehead atoms. The molecule has 3 saturated heterocycles. The minimum absolute atomic E-state index is 0. The van der Waals surface area contributed by atoms with Gasteiger partial charge in [0.2, 0.25) is 0 Å². The van der Waals surface area contributed by atoms with Crippen LogP contribution in [-0.4, -0.2) is 84.4 Å². The van der Waals surface area contributed by atoms with Crippen molar-refractivity contribution in [2.45, 2.75) is 92.3 Å². The molecule has 0 saturated carbocycles. The molecule has 0 spiro atoms. The Morgan fingerprint density at radius 3 is 1.11 bits per heavy atom. The van der Waals surface area contributed by atoms with E-state index in [1.165, 1.54) is 12.1 Å². The van der Waals surface area contributed by atoms with Crippen LogP contribution in [0.15, 0.2) is 122 Å². The van der Waals surface area contributed by atoms with Crippen LogP contribution in [0.25, 0.3) is 0 Å². The van der Waals surface area contributed by atoms with Crippen molar-refractivity contribution < 1.29 is 95.6 Å². The largest absolute Gasteiger partial charge is 1.00 e. The minimum atomic E-state index is -0.709. The standard InChI is InChI=1S/C22H21ClF2O2.C21H21ClF2O3.C21H19ClF2O3.B.Na.H/c1-2-3-19-16-13-27-21-18(25)9-8-17(24)20(21)22(16,10-11-26-19)12-14-4-6-15(23)7-5-14;2*22-14-3-1-13(2-4-14)11-21-8-10-26-18(7-9-25)15(21)12-27-20-17(24)6-5-16(23)19(20)21;;;/h2,4-9,16,19H,1,3,10-13H2;1-6,15,18,25H,7-12H2;1-6,9,15,18H,7-8,10-12H2;;;/q;;;;+1;-1/t16-,19-,22-;2*15-,18-,21-;;;/m111.../s1. The zero-order valence-corrected chi connectivity index (χ0v) is 50.1. The summed E-state index contributed by atoms with van der Waals surface area (Å²) in [6.45, 7) is 5.76. The maximum atomic E-state index is 15.0. The van der Waals surface area contributed by atoms with E-state index in [-0.39, 0.29) is 125 Å². The van der Waals surface area contributed by atoms with Gasteiger partial charge < -0.3 is 39.7 Å². The number of carbonyl (C=O) groups excluding carboxylic acids is 1. The van der Waals surface area contributed by atoms with E-state index in [9.17, 15) is 31.9 Å². The summed E-state index contributed by atoms with van der Waals surface area (Å²) in [5.41, 5.74) is 1.90. The Bertz CT molecular complexity index is 3090. The predicted octanol–water partition coefficient (Wildman–Crippen LogP) is 11.0. The monoisotopic (exact) mass is 1210 g/mol. The average Bonchev–Trinajstić information content (AvgIpc) is 3.64. The third-order valence-corrected chi connectivity index (χ3v) is 18.2. The van der Waals surface area contributed by atoms with Gasteiger partial charge >= 0.3 is 29.6 Å². The van der Waals surface area contributed by atoms with Gasteiger partial charge in [0, 0.05) is 107 Å². The fourth-order valence-corrected chi connectivity index (χ4v) is 14.2. The van der Waals surface area contributed by atoms with Crippen molar-refractivity contribution in [3.05, 3.63) is 205 Å². The van der Waals surface area contributed by atoms with Gasteiger partial charge in [-0.15, -0.1) is 6.58 Å². The number of carbonyl (C=O) groups is 1. The van der Waals surface area contributed by atoms with Crippen molar-refractivity contribution in [3.8, 4) is 17.2 Å². The molecule has 6 aromatic rings. The van der Waals surface area contributed by atoms with Crippen LogP contribution in [0.5, 0.6) is 17.2 Å². The first-order valence-corrected chi connectivity index (χ1v) is 28.4. The van der Waals surface area contributed by atoms with Crippen molar-refractivity contribution >= 4 is 49.5 Å². The Balaban J connectivity index is 0.000000178. The molecule has 0 aromatic heterocycles. The van der Waals surface area contributed by atoms with Gasteiger partial charge in [-0.05, 0) is 141 Å². The first-order chi connectivity index (χ1) is 39.1. The second-order valence-electron chi connectivity index (χ2n) is 21.7. The molecule has 12 rings (SSSR count). The first-order valence-electron chi connectivity index (χ1n) is 27.2. The number of benzene rings is 6. The van der Waals surface area contributed by atoms with Crippen molar-refractivity contribution in [1.29, 1.82) is 0 Å². The summed E-state index contributed by atoms with van der Waals surface area (Å²) in [5.74, 6) is -3.53. The Kier molecular flexibility index (Phi) is 21.7. The van der Waals surface area contributed by atoms with Crippen molar-refractivity contribution in [1.82, 2.24) is 0 Å². The van der Waals surface area contributed by atoms with Gasteiger partial charge in [0.25, 0.3) is 0 Å². The van der Waals surface area contributed by atoms with Crippen LogP contribution < -0.4 is 43.8 Å². The van der Waals surface area contributed by atoms with Gasteiger partial charge in [-0.25, -0.2) is 26.3 Å². The number of hydrogen-bond acceptors (Lipinski definition) is 8. The molecular weight excluding hydrogens is 1150 g/mol. The van der Waals surface area contributed by atoms with Gasteiger partial charge in [-0.3, -0.25) is 0 Å². The van der Waals surface area contributed by atoms with E-state index in [1.807, 2.05) is 48.5 Å². The quantitative estimate of drug-likeness (QED) is 0.0561. The molecule has 0 amide bonds. The van der Waals surface area contributed by atoms with Crippen LogP contribution in [0.1, 0.15) is 73.3 Å². The third kappa shape index (κ3) is 13.0. The molecule has 433 valence electrons. The van der Waals surface area contributed by atoms with Gasteiger partial charge in [0.1, 0.15) is 23.7 Å². The number of hydrogen-bond donors (Lipinski definition) is 1. The summed E-state index contributed by atoms with van der Waals surface area (Å²) >= 11 is 18.0. The molecule has 6 aliphatic rings. The van der Waals surface area contributed by atoms with E-state index in [0.717, 1.165) is 47.2 Å². The van der Waals surface area contributed by atoms with Gasteiger partial charge in [-0.2, -0.15) is 0 Å². The number of aldehydes is 1. The SMILES string of the molecule is C=CC[C@H]1OCC[C@]2(Cc3ccc(Cl)cc3)c3c(F)ccc(F)c3OC[C@H]12.O=CC[C@H]1OCC[C@]2(Cc3ccc(Cl)cc3)c3c(F)ccc(F)c3OC[C@H]12.OCC[C@H]1OCC[C@]2(Cc3ccc(Cl)cc3)c3c(F)ccc(F)c3OC[C@H]12.[B].[H-].[Na+]. The molecule has 0 aliphatic carbocycles. The predicted molar refractivity (Wildman–Crippen MR) is 304 cm³/mol. The van der Waals surface area contributed by atoms with Crippen LogP contribution in [0.4, 0.5) is 26.3 Å². The van der Waals surface area contributed by atoms with Crippen molar-refractivity contribution in [3.63, 3.8) is 0 Å². The van der Waals surface area contributed by atoms with Gasteiger partial charge in [-0.1, -0.05) is 77.3 Å². The number of halogens is 9. The first kappa shape index (κ1) is 64.5. The molecule has 6 heterocycles. The van der Waals surface area contributed by atoms with Crippen LogP contribution in [0.3, 0.4) is 0 Å². The molecule has 6 aromatic carbocycles. The fraction of sp³-hybridized carbons (Fsp3) is 0.391. The Morgan fingerprint density at radius 2 is 0.795 bits per heavy atom. The van der Waals surface area contributed by atoms with E-state index in [2.05, 4.69) is 6.58 Å². The molecule has 3 fully saturated rings. The maximum Gasteiger partial charge on any atom is 1.00 e. The van der Waals surface area contributed by atoms with Gasteiger partial charge in [0.15, 0.2) is 34.7 Å². The number of rotatable bonds is 12. The zero-order valence-electron chi connectivity index (χ0n) is 46.8. The third-order valence-electron chi connectivity index (χ3n) is 17.4. The number of aliphatic hydroxyl groups is 1. The second kappa shape index (κ2) is 27.9. The summed E-state index contributed by atoms with van der Waals surface area (Å²) in [5, 5.41) is 11.3. The summed E-state index contributed by atoms with van der Waals surface area (Å²) in [7, 11) is 0. The van der Waals surface area contributed by atoms with Gasteiger partial charge in [0.05, 0.1) is 38.1 Å². The van der Waals surface area contributed by atoms with E-state index in [0.29, 0.717) is 104 Å². The maximum absolute atomic E-state index is 15.0. The van der Waals surface area contributed by atoms with Crippen LogP contribution in [-0.2, 0) is 54.5 Å². The van der Waals surface area contributed by atoms with Crippen molar-refractivity contribution in [2.24, 2.45) is 17.8 Å². The van der Waals surface area contributed by atoms with Crippen molar-refractivity contribution in [2.75, 3.05) is 46.2 Å². The van der Waals surface area contributed by atoms with Crippen LogP contribution >= 0.6 is 34.8 Å². The molecule has 9 atom stereocenters. The summed E-state index contributed by atoms with van der Waals surface area (Å²) in [4.78, 5) is 11.1. The number of fused-ring (bicyclic) bond motifs is 9. The summed E-state index contributed by atoms with van der Waals surface area (Å²) < 4.78 is 123. The fourth-order valence-electron chi connectivity index (χ4n) is 13.8. The second-order valence-corrected chi connectivity index (χ2v) is 23.1. The molecule has 3 radical (unpaired) electrons. The molecule has 19 heteroatoms. The molecule has 83 heavy (non-hydrogen) atoms. The number of ether oxygens (including phenoxy) is 6.